The SMILES string of the molecule is CCn1cc(N)cc1C(=O)N(C)CC1CCC1. The molecule has 1 heterocycles. The Morgan fingerprint density at radius 3 is 2.82 bits per heavy atom. The first kappa shape index (κ1) is 12.0. The summed E-state index contributed by atoms with van der Waals surface area (Å²) in [6, 6.07) is 1.77. The van der Waals surface area contributed by atoms with Gasteiger partial charge in [0.05, 0.1) is 5.69 Å². The van der Waals surface area contributed by atoms with Crippen LogP contribution >= 0.6 is 0 Å². The number of aromatic nitrogens is 1. The summed E-state index contributed by atoms with van der Waals surface area (Å²) >= 11 is 0. The normalized spacial score (nSPS) is 15.6. The first-order valence-corrected chi connectivity index (χ1v) is 6.33. The van der Waals surface area contributed by atoms with Gasteiger partial charge in [-0.15, -0.1) is 0 Å². The molecule has 2 N–H and O–H groups in total. The fourth-order valence-electron chi connectivity index (χ4n) is 2.31. The summed E-state index contributed by atoms with van der Waals surface area (Å²) in [7, 11) is 1.88. The van der Waals surface area contributed by atoms with Crippen LogP contribution in [0.5, 0.6) is 0 Å². The minimum Gasteiger partial charge on any atom is -0.397 e. The molecule has 0 atom stereocenters. The van der Waals surface area contributed by atoms with Gasteiger partial charge < -0.3 is 15.2 Å². The Balaban J connectivity index is 2.06. The van der Waals surface area contributed by atoms with Gasteiger partial charge in [-0.2, -0.15) is 0 Å². The maximum Gasteiger partial charge on any atom is 0.270 e. The fraction of sp³-hybridized carbons (Fsp3) is 0.615. The Morgan fingerprint density at radius 2 is 2.29 bits per heavy atom. The number of hydrogen-bond donors (Lipinski definition) is 1. The average molecular weight is 235 g/mol. The fourth-order valence-corrected chi connectivity index (χ4v) is 2.31. The molecule has 1 saturated carbocycles. The zero-order chi connectivity index (χ0) is 12.4. The quantitative estimate of drug-likeness (QED) is 0.867. The summed E-state index contributed by atoms with van der Waals surface area (Å²) in [5.41, 5.74) is 7.10. The number of rotatable bonds is 4. The maximum absolute atomic E-state index is 12.3. The molecule has 0 aromatic carbocycles. The molecule has 1 aliphatic carbocycles. The molecule has 1 fully saturated rings. The number of nitrogens with two attached hydrogens (primary N) is 1. The van der Waals surface area contributed by atoms with Crippen molar-refractivity contribution in [1.29, 1.82) is 0 Å². The lowest BCUT2D eigenvalue weighted by Gasteiger charge is -2.30. The number of hydrogen-bond acceptors (Lipinski definition) is 2. The van der Waals surface area contributed by atoms with Crippen molar-refractivity contribution in [1.82, 2.24) is 9.47 Å². The summed E-state index contributed by atoms with van der Waals surface area (Å²) in [5.74, 6) is 0.779. The summed E-state index contributed by atoms with van der Waals surface area (Å²) in [6.07, 6.45) is 5.65. The first-order chi connectivity index (χ1) is 8.11. The van der Waals surface area contributed by atoms with Crippen LogP contribution in [-0.2, 0) is 6.54 Å². The van der Waals surface area contributed by atoms with Gasteiger partial charge in [0.15, 0.2) is 0 Å². The van der Waals surface area contributed by atoms with E-state index in [-0.39, 0.29) is 5.91 Å². The van der Waals surface area contributed by atoms with E-state index in [1.807, 2.05) is 29.6 Å². The monoisotopic (exact) mass is 235 g/mol. The molecule has 0 saturated heterocycles. The molecule has 2 rings (SSSR count). The molecule has 1 aromatic heterocycles. The van der Waals surface area contributed by atoms with Crippen molar-refractivity contribution < 1.29 is 4.79 Å². The zero-order valence-corrected chi connectivity index (χ0v) is 10.6. The molecule has 94 valence electrons. The molecule has 0 aliphatic heterocycles. The number of amides is 1. The van der Waals surface area contributed by atoms with Gasteiger partial charge in [-0.3, -0.25) is 4.79 Å². The number of carbonyl (C=O) groups excluding carboxylic acids is 1. The lowest BCUT2D eigenvalue weighted by Crippen LogP contribution is -2.35. The first-order valence-electron chi connectivity index (χ1n) is 6.33. The lowest BCUT2D eigenvalue weighted by atomic mass is 9.85. The molecular formula is C13H21N3O. The van der Waals surface area contributed by atoms with Crippen molar-refractivity contribution in [3.63, 3.8) is 0 Å². The van der Waals surface area contributed by atoms with E-state index in [4.69, 9.17) is 5.73 Å². The predicted octanol–water partition coefficient (Wildman–Crippen LogP) is 1.96. The third-order valence-electron chi connectivity index (χ3n) is 3.58. The van der Waals surface area contributed by atoms with Gasteiger partial charge in [-0.25, -0.2) is 0 Å². The highest BCUT2D eigenvalue weighted by Gasteiger charge is 2.23. The van der Waals surface area contributed by atoms with Crippen LogP contribution in [0.15, 0.2) is 12.3 Å². The Labute approximate surface area is 102 Å². The number of anilines is 1. The highest BCUT2D eigenvalue weighted by atomic mass is 16.2. The number of carbonyl (C=O) groups is 1. The van der Waals surface area contributed by atoms with Crippen LogP contribution in [0.3, 0.4) is 0 Å². The molecule has 0 unspecified atom stereocenters. The third kappa shape index (κ3) is 2.46. The predicted molar refractivity (Wildman–Crippen MR) is 68.8 cm³/mol. The molecule has 0 bridgehead atoms. The van der Waals surface area contributed by atoms with Gasteiger partial charge in [0.2, 0.25) is 0 Å². The van der Waals surface area contributed by atoms with Crippen molar-refractivity contribution in [3.05, 3.63) is 18.0 Å². The second kappa shape index (κ2) is 4.82. The highest BCUT2D eigenvalue weighted by Crippen LogP contribution is 2.27. The molecule has 17 heavy (non-hydrogen) atoms. The molecule has 0 radical (unpaired) electrons. The third-order valence-corrected chi connectivity index (χ3v) is 3.58. The van der Waals surface area contributed by atoms with Crippen molar-refractivity contribution in [2.75, 3.05) is 19.3 Å². The Morgan fingerprint density at radius 1 is 1.59 bits per heavy atom. The minimum atomic E-state index is 0.0791. The Kier molecular flexibility index (Phi) is 3.41. The molecule has 1 aromatic rings. The van der Waals surface area contributed by atoms with Crippen LogP contribution < -0.4 is 5.73 Å². The van der Waals surface area contributed by atoms with E-state index < -0.39 is 0 Å². The van der Waals surface area contributed by atoms with Crippen LogP contribution in [-0.4, -0.2) is 29.0 Å². The van der Waals surface area contributed by atoms with Crippen molar-refractivity contribution in [3.8, 4) is 0 Å². The van der Waals surface area contributed by atoms with Gasteiger partial charge in [0.1, 0.15) is 5.69 Å². The van der Waals surface area contributed by atoms with Crippen molar-refractivity contribution in [2.24, 2.45) is 5.92 Å². The van der Waals surface area contributed by atoms with Crippen LogP contribution in [0.1, 0.15) is 36.7 Å². The van der Waals surface area contributed by atoms with Crippen LogP contribution in [0.4, 0.5) is 5.69 Å². The smallest absolute Gasteiger partial charge is 0.270 e. The van der Waals surface area contributed by atoms with E-state index in [0.29, 0.717) is 17.3 Å². The largest absolute Gasteiger partial charge is 0.397 e. The maximum atomic E-state index is 12.3. The van der Waals surface area contributed by atoms with E-state index in [2.05, 4.69) is 0 Å². The Bertz CT molecular complexity index is 407. The van der Waals surface area contributed by atoms with Crippen molar-refractivity contribution in [2.45, 2.75) is 32.7 Å². The minimum absolute atomic E-state index is 0.0791. The van der Waals surface area contributed by atoms with E-state index in [1.165, 1.54) is 19.3 Å². The van der Waals surface area contributed by atoms with Gasteiger partial charge in [0, 0.05) is 26.3 Å². The summed E-state index contributed by atoms with van der Waals surface area (Å²) < 4.78 is 1.91. The number of aryl methyl sites for hydroxylation is 1. The summed E-state index contributed by atoms with van der Waals surface area (Å²) in [4.78, 5) is 14.1. The summed E-state index contributed by atoms with van der Waals surface area (Å²) in [6.45, 7) is 3.66. The molecular weight excluding hydrogens is 214 g/mol. The van der Waals surface area contributed by atoms with Crippen LogP contribution in [0.25, 0.3) is 0 Å². The van der Waals surface area contributed by atoms with Gasteiger partial charge >= 0.3 is 0 Å². The molecule has 1 aliphatic rings. The molecule has 1 amide bonds. The van der Waals surface area contributed by atoms with E-state index in [9.17, 15) is 4.79 Å². The zero-order valence-electron chi connectivity index (χ0n) is 10.6. The van der Waals surface area contributed by atoms with Crippen LogP contribution in [0.2, 0.25) is 0 Å². The summed E-state index contributed by atoms with van der Waals surface area (Å²) in [5, 5.41) is 0. The second-order valence-corrected chi connectivity index (χ2v) is 4.93. The van der Waals surface area contributed by atoms with Gasteiger partial charge in [0.25, 0.3) is 5.91 Å². The van der Waals surface area contributed by atoms with E-state index in [1.54, 1.807) is 6.07 Å². The number of nitrogens with zero attached hydrogens (tertiary/aromatic N) is 2. The highest BCUT2D eigenvalue weighted by molar-refractivity contribution is 5.93. The Hall–Kier alpha value is -1.45. The van der Waals surface area contributed by atoms with Crippen LogP contribution in [0, 0.1) is 5.92 Å². The van der Waals surface area contributed by atoms with E-state index >= 15 is 0 Å². The van der Waals surface area contributed by atoms with Gasteiger partial charge in [-0.05, 0) is 31.7 Å². The van der Waals surface area contributed by atoms with E-state index in [0.717, 1.165) is 13.1 Å². The molecule has 0 spiro atoms. The standard InChI is InChI=1S/C13H21N3O/c1-3-16-9-11(14)7-12(16)13(17)15(2)8-10-5-4-6-10/h7,9-10H,3-6,8,14H2,1-2H3. The topological polar surface area (TPSA) is 51.3 Å². The molecule has 4 heteroatoms. The van der Waals surface area contributed by atoms with Crippen molar-refractivity contribution >= 4 is 11.6 Å². The number of nitrogen functional groups attached to an aromatic ring is 1. The lowest BCUT2D eigenvalue weighted by molar-refractivity contribution is 0.0734. The molecule has 4 nitrogen and oxygen atoms in total. The second-order valence-electron chi connectivity index (χ2n) is 4.93. The average Bonchev–Trinajstić information content (AvgIpc) is 2.63. The van der Waals surface area contributed by atoms with Gasteiger partial charge in [-0.1, -0.05) is 6.42 Å².